The number of carbonyl (C=O) groups is 1. The van der Waals surface area contributed by atoms with Crippen LogP contribution in [0.2, 0.25) is 0 Å². The normalized spacial score (nSPS) is 16.1. The Morgan fingerprint density at radius 3 is 2.79 bits per heavy atom. The van der Waals surface area contributed by atoms with Crippen LogP contribution in [0.4, 0.5) is 14.5 Å². The summed E-state index contributed by atoms with van der Waals surface area (Å²) in [5, 5.41) is 5.23. The Labute approximate surface area is 194 Å². The SMILES string of the molecule is [C-]#[N+]c1ccc(-c2nc(C(=O)N3CCC[C@@H](N)C3)c(F)n2-c2ccc3cn(C)nc3c2)cc1F. The third kappa shape index (κ3) is 3.70. The fourth-order valence-electron chi connectivity index (χ4n) is 4.31. The molecule has 2 aromatic carbocycles. The number of aryl methyl sites for hydroxylation is 1. The van der Waals surface area contributed by atoms with Gasteiger partial charge in [0.15, 0.2) is 5.69 Å². The Morgan fingerprint density at radius 2 is 2.06 bits per heavy atom. The summed E-state index contributed by atoms with van der Waals surface area (Å²) in [5.74, 6) is -2.13. The maximum atomic E-state index is 15.9. The van der Waals surface area contributed by atoms with E-state index in [-0.39, 0.29) is 28.8 Å². The van der Waals surface area contributed by atoms with Crippen molar-refractivity contribution < 1.29 is 13.6 Å². The predicted octanol–water partition coefficient (Wildman–Crippen LogP) is 3.82. The molecule has 1 aliphatic heterocycles. The van der Waals surface area contributed by atoms with Crippen LogP contribution < -0.4 is 5.73 Å². The van der Waals surface area contributed by atoms with Crippen LogP contribution in [0.25, 0.3) is 32.8 Å². The highest BCUT2D eigenvalue weighted by atomic mass is 19.1. The number of benzene rings is 2. The number of amides is 1. The molecule has 5 rings (SSSR count). The summed E-state index contributed by atoms with van der Waals surface area (Å²) < 4.78 is 33.1. The molecule has 0 bridgehead atoms. The molecule has 0 aliphatic carbocycles. The number of rotatable bonds is 3. The highest BCUT2D eigenvalue weighted by Crippen LogP contribution is 2.31. The van der Waals surface area contributed by atoms with Crippen LogP contribution in [0.1, 0.15) is 23.3 Å². The minimum atomic E-state index is -0.857. The van der Waals surface area contributed by atoms with E-state index in [9.17, 15) is 9.18 Å². The Balaban J connectivity index is 1.68. The maximum Gasteiger partial charge on any atom is 0.277 e. The topological polar surface area (TPSA) is 86.3 Å². The van der Waals surface area contributed by atoms with E-state index in [4.69, 9.17) is 12.3 Å². The van der Waals surface area contributed by atoms with Crippen molar-refractivity contribution in [1.29, 1.82) is 0 Å². The highest BCUT2D eigenvalue weighted by molar-refractivity contribution is 5.93. The predicted molar refractivity (Wildman–Crippen MR) is 123 cm³/mol. The molecule has 1 aliphatic rings. The van der Waals surface area contributed by atoms with E-state index in [1.807, 2.05) is 6.20 Å². The average Bonchev–Trinajstić information content (AvgIpc) is 3.36. The number of carbonyl (C=O) groups excluding carboxylic acids is 1. The molecule has 0 radical (unpaired) electrons. The molecule has 34 heavy (non-hydrogen) atoms. The molecule has 1 atom stereocenters. The monoisotopic (exact) mass is 461 g/mol. The van der Waals surface area contributed by atoms with Gasteiger partial charge < -0.3 is 10.6 Å². The summed E-state index contributed by atoms with van der Waals surface area (Å²) in [4.78, 5) is 22.2. The molecule has 0 unspecified atom stereocenters. The first-order chi connectivity index (χ1) is 16.4. The summed E-state index contributed by atoms with van der Waals surface area (Å²) >= 11 is 0. The van der Waals surface area contributed by atoms with Gasteiger partial charge in [0.05, 0.1) is 17.8 Å². The first kappa shape index (κ1) is 21.7. The van der Waals surface area contributed by atoms with Gasteiger partial charge in [-0.2, -0.15) is 9.49 Å². The number of piperidine rings is 1. The van der Waals surface area contributed by atoms with Crippen LogP contribution in [0.3, 0.4) is 0 Å². The molecule has 0 spiro atoms. The molecule has 10 heteroatoms. The number of likely N-dealkylation sites (tertiary alicyclic amines) is 1. The van der Waals surface area contributed by atoms with E-state index in [1.165, 1.54) is 21.6 Å². The number of aromatic nitrogens is 4. The maximum absolute atomic E-state index is 15.9. The second kappa shape index (κ2) is 8.35. The second-order valence-electron chi connectivity index (χ2n) is 8.39. The summed E-state index contributed by atoms with van der Waals surface area (Å²) in [6.07, 6.45) is 3.35. The summed E-state index contributed by atoms with van der Waals surface area (Å²) in [5.41, 5.74) is 6.74. The third-order valence-corrected chi connectivity index (χ3v) is 5.96. The van der Waals surface area contributed by atoms with Crippen molar-refractivity contribution in [2.45, 2.75) is 18.9 Å². The average molecular weight is 461 g/mol. The first-order valence-corrected chi connectivity index (χ1v) is 10.8. The molecule has 4 aromatic rings. The minimum Gasteiger partial charge on any atom is -0.336 e. The number of hydrogen-bond donors (Lipinski definition) is 1. The number of nitrogens with zero attached hydrogens (tertiary/aromatic N) is 6. The number of nitrogens with two attached hydrogens (primary N) is 1. The highest BCUT2D eigenvalue weighted by Gasteiger charge is 2.30. The second-order valence-corrected chi connectivity index (χ2v) is 8.39. The van der Waals surface area contributed by atoms with Gasteiger partial charge in [0.1, 0.15) is 11.6 Å². The molecule has 0 saturated carbocycles. The Hall–Kier alpha value is -4.10. The zero-order chi connectivity index (χ0) is 24.0. The van der Waals surface area contributed by atoms with Crippen LogP contribution in [0, 0.1) is 18.3 Å². The van der Waals surface area contributed by atoms with Crippen molar-refractivity contribution in [3.8, 4) is 17.1 Å². The van der Waals surface area contributed by atoms with E-state index in [1.54, 1.807) is 29.9 Å². The van der Waals surface area contributed by atoms with Crippen LogP contribution >= 0.6 is 0 Å². The van der Waals surface area contributed by atoms with Gasteiger partial charge in [-0.05, 0) is 37.1 Å². The molecule has 1 amide bonds. The van der Waals surface area contributed by atoms with Crippen LogP contribution in [0.15, 0.2) is 42.6 Å². The Morgan fingerprint density at radius 1 is 1.24 bits per heavy atom. The van der Waals surface area contributed by atoms with Crippen molar-refractivity contribution in [2.24, 2.45) is 12.8 Å². The zero-order valence-corrected chi connectivity index (χ0v) is 18.4. The van der Waals surface area contributed by atoms with Crippen molar-refractivity contribution >= 4 is 22.5 Å². The molecular formula is C24H21F2N7O. The fraction of sp³-hybridized carbons (Fsp3) is 0.250. The molecular weight excluding hydrogens is 440 g/mol. The molecule has 1 fully saturated rings. The van der Waals surface area contributed by atoms with Crippen molar-refractivity contribution in [3.63, 3.8) is 0 Å². The van der Waals surface area contributed by atoms with Gasteiger partial charge in [0.25, 0.3) is 5.91 Å². The molecule has 8 nitrogen and oxygen atoms in total. The van der Waals surface area contributed by atoms with E-state index in [0.29, 0.717) is 24.3 Å². The van der Waals surface area contributed by atoms with E-state index >= 15 is 4.39 Å². The summed E-state index contributed by atoms with van der Waals surface area (Å²) in [6, 6.07) is 8.89. The van der Waals surface area contributed by atoms with E-state index < -0.39 is 17.7 Å². The molecule has 2 N–H and O–H groups in total. The smallest absolute Gasteiger partial charge is 0.277 e. The van der Waals surface area contributed by atoms with E-state index in [2.05, 4.69) is 14.9 Å². The van der Waals surface area contributed by atoms with Crippen molar-refractivity contribution in [3.05, 3.63) is 71.5 Å². The van der Waals surface area contributed by atoms with Gasteiger partial charge in [-0.25, -0.2) is 14.2 Å². The number of hydrogen-bond acceptors (Lipinski definition) is 4. The van der Waals surface area contributed by atoms with Gasteiger partial charge in [-0.15, -0.1) is 0 Å². The minimum absolute atomic E-state index is 0.0490. The molecule has 172 valence electrons. The Kier molecular flexibility index (Phi) is 5.34. The largest absolute Gasteiger partial charge is 0.336 e. The summed E-state index contributed by atoms with van der Waals surface area (Å²) in [7, 11) is 1.78. The van der Waals surface area contributed by atoms with Gasteiger partial charge in [0, 0.05) is 43.3 Å². The lowest BCUT2D eigenvalue weighted by molar-refractivity contribution is 0.0698. The molecule has 2 aromatic heterocycles. The Bertz CT molecular complexity index is 1470. The van der Waals surface area contributed by atoms with Gasteiger partial charge in [0.2, 0.25) is 11.6 Å². The molecule has 1 saturated heterocycles. The number of imidazole rings is 1. The first-order valence-electron chi connectivity index (χ1n) is 10.8. The zero-order valence-electron chi connectivity index (χ0n) is 18.4. The van der Waals surface area contributed by atoms with Crippen LogP contribution in [-0.2, 0) is 7.05 Å². The lowest BCUT2D eigenvalue weighted by Gasteiger charge is -2.30. The standard InChI is InChI=1S/C24H21F2N7O/c1-28-19-8-6-14(10-18(19)25)23-29-21(24(34)32-9-3-4-16(27)13-32)22(26)33(23)17-7-5-15-12-31(2)30-20(15)11-17/h5-8,10-12,16H,3-4,9,13,27H2,2H3/t16-/m1/s1. The van der Waals surface area contributed by atoms with E-state index in [0.717, 1.165) is 24.3 Å². The van der Waals surface area contributed by atoms with Crippen molar-refractivity contribution in [2.75, 3.05) is 13.1 Å². The fourth-order valence-corrected chi connectivity index (χ4v) is 4.31. The third-order valence-electron chi connectivity index (χ3n) is 5.96. The van der Waals surface area contributed by atoms with Gasteiger partial charge in [-0.1, -0.05) is 12.1 Å². The van der Waals surface area contributed by atoms with Gasteiger partial charge >= 0.3 is 0 Å². The summed E-state index contributed by atoms with van der Waals surface area (Å²) in [6.45, 7) is 7.85. The number of halogens is 2. The van der Waals surface area contributed by atoms with Crippen LogP contribution in [0.5, 0.6) is 0 Å². The number of fused-ring (bicyclic) bond motifs is 1. The lowest BCUT2D eigenvalue weighted by Crippen LogP contribution is -2.46. The molecule has 3 heterocycles. The van der Waals surface area contributed by atoms with Crippen LogP contribution in [-0.4, -0.2) is 49.3 Å². The van der Waals surface area contributed by atoms with Gasteiger partial charge in [-0.3, -0.25) is 14.0 Å². The lowest BCUT2D eigenvalue weighted by atomic mass is 10.1. The quantitative estimate of drug-likeness (QED) is 0.470. The van der Waals surface area contributed by atoms with Crippen molar-refractivity contribution in [1.82, 2.24) is 24.2 Å².